The topological polar surface area (TPSA) is 85.2 Å². The average molecular weight is 403 g/mol. The van der Waals surface area contributed by atoms with Gasteiger partial charge in [-0.3, -0.25) is 9.88 Å². The van der Waals surface area contributed by atoms with Crippen molar-refractivity contribution in [3.63, 3.8) is 0 Å². The Kier molecular flexibility index (Phi) is 5.00. The first-order valence-corrected chi connectivity index (χ1v) is 10.5. The minimum absolute atomic E-state index is 0.342. The molecule has 8 nitrogen and oxygen atoms in total. The fourth-order valence-corrected chi connectivity index (χ4v) is 4.16. The molecule has 8 heteroatoms. The van der Waals surface area contributed by atoms with Crippen molar-refractivity contribution in [2.45, 2.75) is 45.1 Å². The molecule has 0 N–H and O–H groups in total. The maximum atomic E-state index is 5.57. The van der Waals surface area contributed by atoms with Gasteiger partial charge in [0.2, 0.25) is 0 Å². The molecule has 5 heterocycles. The standard InChI is InChI=1S/C22H25N7O/c1-15(2)21-19(24-14-30-21)13-28-10-7-16(8-11-28)22-26-25-20-6-5-18(27-29(20)22)17-4-3-9-23-12-17/h3-6,9,12,14-16H,7-8,10-11,13H2,1-2H3. The maximum absolute atomic E-state index is 5.57. The van der Waals surface area contributed by atoms with Gasteiger partial charge in [-0.1, -0.05) is 13.8 Å². The molecule has 0 unspecified atom stereocenters. The first kappa shape index (κ1) is 18.9. The molecular formula is C22H25N7O. The fraction of sp³-hybridized carbons (Fsp3) is 0.409. The quantitative estimate of drug-likeness (QED) is 0.502. The molecule has 154 valence electrons. The molecule has 4 aromatic rings. The van der Waals surface area contributed by atoms with Crippen molar-refractivity contribution in [3.05, 3.63) is 60.3 Å². The highest BCUT2D eigenvalue weighted by atomic mass is 16.3. The number of pyridine rings is 1. The summed E-state index contributed by atoms with van der Waals surface area (Å²) >= 11 is 0. The van der Waals surface area contributed by atoms with Crippen molar-refractivity contribution < 1.29 is 4.42 Å². The van der Waals surface area contributed by atoms with Gasteiger partial charge in [0.1, 0.15) is 5.76 Å². The van der Waals surface area contributed by atoms with Gasteiger partial charge in [-0.2, -0.15) is 9.61 Å². The number of aromatic nitrogens is 6. The third-order valence-electron chi connectivity index (χ3n) is 5.77. The molecule has 0 aromatic carbocycles. The molecule has 0 bridgehead atoms. The molecule has 30 heavy (non-hydrogen) atoms. The third-order valence-corrected chi connectivity index (χ3v) is 5.77. The molecule has 0 amide bonds. The second-order valence-corrected chi connectivity index (χ2v) is 8.16. The summed E-state index contributed by atoms with van der Waals surface area (Å²) in [6, 6.07) is 7.87. The molecule has 0 spiro atoms. The van der Waals surface area contributed by atoms with Crippen LogP contribution in [0.5, 0.6) is 0 Å². The Morgan fingerprint density at radius 2 is 2.00 bits per heavy atom. The van der Waals surface area contributed by atoms with Crippen LogP contribution in [0, 0.1) is 0 Å². The minimum atomic E-state index is 0.342. The normalized spacial score (nSPS) is 16.0. The van der Waals surface area contributed by atoms with Crippen LogP contribution in [-0.2, 0) is 6.54 Å². The van der Waals surface area contributed by atoms with E-state index in [2.05, 4.69) is 38.9 Å². The number of piperidine rings is 1. The zero-order chi connectivity index (χ0) is 20.5. The lowest BCUT2D eigenvalue weighted by Crippen LogP contribution is -2.33. The summed E-state index contributed by atoms with van der Waals surface area (Å²) in [5.74, 6) is 2.63. The predicted molar refractivity (Wildman–Crippen MR) is 112 cm³/mol. The van der Waals surface area contributed by atoms with Gasteiger partial charge >= 0.3 is 0 Å². The van der Waals surface area contributed by atoms with Crippen LogP contribution in [-0.4, -0.2) is 47.8 Å². The lowest BCUT2D eigenvalue weighted by Gasteiger charge is -2.30. The second kappa shape index (κ2) is 7.95. The van der Waals surface area contributed by atoms with Gasteiger partial charge in [0.05, 0.1) is 11.4 Å². The number of hydrogen-bond donors (Lipinski definition) is 0. The molecule has 1 aliphatic rings. The molecule has 0 atom stereocenters. The van der Waals surface area contributed by atoms with E-state index in [9.17, 15) is 0 Å². The van der Waals surface area contributed by atoms with Gasteiger partial charge in [-0.15, -0.1) is 10.2 Å². The lowest BCUT2D eigenvalue weighted by molar-refractivity contribution is 0.197. The van der Waals surface area contributed by atoms with E-state index in [1.807, 2.05) is 35.0 Å². The molecule has 0 saturated carbocycles. The highest BCUT2D eigenvalue weighted by molar-refractivity contribution is 5.58. The van der Waals surface area contributed by atoms with Gasteiger partial charge in [0.25, 0.3) is 0 Å². The summed E-state index contributed by atoms with van der Waals surface area (Å²) in [6.07, 6.45) is 7.20. The molecule has 1 saturated heterocycles. The number of nitrogens with zero attached hydrogens (tertiary/aromatic N) is 7. The molecule has 4 aromatic heterocycles. The molecule has 0 aliphatic carbocycles. The molecule has 1 fully saturated rings. The molecule has 0 radical (unpaired) electrons. The Balaban J connectivity index is 1.32. The summed E-state index contributed by atoms with van der Waals surface area (Å²) in [7, 11) is 0. The largest absolute Gasteiger partial charge is 0.448 e. The SMILES string of the molecule is CC(C)c1ocnc1CN1CCC(c2nnc3ccc(-c4cccnc4)nn23)CC1. The Morgan fingerprint density at radius 1 is 1.13 bits per heavy atom. The van der Waals surface area contributed by atoms with Gasteiger partial charge in [0.15, 0.2) is 17.9 Å². The van der Waals surface area contributed by atoms with Crippen LogP contribution < -0.4 is 0 Å². The van der Waals surface area contributed by atoms with Crippen LogP contribution in [0.15, 0.2) is 47.5 Å². The first-order valence-electron chi connectivity index (χ1n) is 10.5. The van der Waals surface area contributed by atoms with Crippen molar-refractivity contribution in [2.24, 2.45) is 0 Å². The van der Waals surface area contributed by atoms with Crippen molar-refractivity contribution >= 4 is 5.65 Å². The number of likely N-dealkylation sites (tertiary alicyclic amines) is 1. The summed E-state index contributed by atoms with van der Waals surface area (Å²) < 4.78 is 7.47. The van der Waals surface area contributed by atoms with E-state index in [4.69, 9.17) is 9.52 Å². The molecule has 5 rings (SSSR count). The monoisotopic (exact) mass is 403 g/mol. The number of hydrogen-bond acceptors (Lipinski definition) is 7. The van der Waals surface area contributed by atoms with E-state index in [1.165, 1.54) is 0 Å². The Hall–Kier alpha value is -3.13. The summed E-state index contributed by atoms with van der Waals surface area (Å²) in [5.41, 5.74) is 3.70. The van der Waals surface area contributed by atoms with Gasteiger partial charge in [-0.05, 0) is 50.2 Å². The van der Waals surface area contributed by atoms with E-state index >= 15 is 0 Å². The second-order valence-electron chi connectivity index (χ2n) is 8.16. The van der Waals surface area contributed by atoms with Crippen LogP contribution in [0.25, 0.3) is 16.9 Å². The fourth-order valence-electron chi connectivity index (χ4n) is 4.16. The summed E-state index contributed by atoms with van der Waals surface area (Å²) in [4.78, 5) is 11.1. The van der Waals surface area contributed by atoms with Crippen LogP contribution >= 0.6 is 0 Å². The van der Waals surface area contributed by atoms with Crippen LogP contribution in [0.3, 0.4) is 0 Å². The highest BCUT2D eigenvalue weighted by Crippen LogP contribution is 2.29. The highest BCUT2D eigenvalue weighted by Gasteiger charge is 2.26. The smallest absolute Gasteiger partial charge is 0.181 e. The zero-order valence-corrected chi connectivity index (χ0v) is 17.3. The first-order chi connectivity index (χ1) is 14.7. The predicted octanol–water partition coefficient (Wildman–Crippen LogP) is 3.68. The van der Waals surface area contributed by atoms with E-state index in [0.29, 0.717) is 11.8 Å². The van der Waals surface area contributed by atoms with Crippen molar-refractivity contribution in [2.75, 3.05) is 13.1 Å². The van der Waals surface area contributed by atoms with Crippen molar-refractivity contribution in [1.82, 2.24) is 34.7 Å². The van der Waals surface area contributed by atoms with Crippen LogP contribution in [0.4, 0.5) is 0 Å². The minimum Gasteiger partial charge on any atom is -0.448 e. The van der Waals surface area contributed by atoms with E-state index in [0.717, 1.165) is 66.7 Å². The number of fused-ring (bicyclic) bond motifs is 1. The zero-order valence-electron chi connectivity index (χ0n) is 17.3. The Bertz CT molecular complexity index is 1130. The van der Waals surface area contributed by atoms with Crippen molar-refractivity contribution in [3.8, 4) is 11.3 Å². The van der Waals surface area contributed by atoms with Gasteiger partial charge in [-0.25, -0.2) is 4.98 Å². The van der Waals surface area contributed by atoms with Gasteiger partial charge in [0, 0.05) is 36.3 Å². The summed E-state index contributed by atoms with van der Waals surface area (Å²) in [5, 5.41) is 13.6. The van der Waals surface area contributed by atoms with Crippen LogP contribution in [0.2, 0.25) is 0 Å². The van der Waals surface area contributed by atoms with Crippen LogP contribution in [0.1, 0.15) is 55.8 Å². The Labute approximate surface area is 175 Å². The van der Waals surface area contributed by atoms with E-state index in [-0.39, 0.29) is 0 Å². The maximum Gasteiger partial charge on any atom is 0.181 e. The number of rotatable bonds is 5. The molecular weight excluding hydrogens is 378 g/mol. The van der Waals surface area contributed by atoms with E-state index in [1.54, 1.807) is 12.6 Å². The lowest BCUT2D eigenvalue weighted by atomic mass is 9.96. The Morgan fingerprint density at radius 3 is 2.77 bits per heavy atom. The number of oxazole rings is 1. The third kappa shape index (κ3) is 3.59. The summed E-state index contributed by atoms with van der Waals surface area (Å²) in [6.45, 7) is 7.10. The van der Waals surface area contributed by atoms with E-state index < -0.39 is 0 Å². The average Bonchev–Trinajstić information content (AvgIpc) is 3.41. The van der Waals surface area contributed by atoms with Gasteiger partial charge < -0.3 is 4.42 Å². The van der Waals surface area contributed by atoms with Crippen molar-refractivity contribution in [1.29, 1.82) is 0 Å². The molecule has 1 aliphatic heterocycles.